The van der Waals surface area contributed by atoms with E-state index < -0.39 is 42.8 Å². The quantitative estimate of drug-likeness (QED) is 0.508. The van der Waals surface area contributed by atoms with E-state index in [1.165, 1.54) is 17.7 Å². The molecule has 1 fully saturated rings. The summed E-state index contributed by atoms with van der Waals surface area (Å²) in [4.78, 5) is 11.6. The number of halogens is 2. The van der Waals surface area contributed by atoms with E-state index in [4.69, 9.17) is 16.3 Å². The van der Waals surface area contributed by atoms with Crippen LogP contribution in [0.3, 0.4) is 0 Å². The number of nitrogens with zero attached hydrogens (tertiary/aromatic N) is 1. The van der Waals surface area contributed by atoms with Gasteiger partial charge < -0.3 is 35.0 Å². The summed E-state index contributed by atoms with van der Waals surface area (Å²) < 4.78 is 6.93. The normalized spacial score (nSPS) is 32.0. The highest BCUT2D eigenvalue weighted by Gasteiger charge is 2.54. The number of aliphatic hydroxyl groups excluding tert-OH is 2. The number of aliphatic hydroxyl groups is 3. The molecule has 4 N–H and O–H groups in total. The predicted molar refractivity (Wildman–Crippen MR) is 94.2 cm³/mol. The second-order valence-electron chi connectivity index (χ2n) is 6.11. The highest BCUT2D eigenvalue weighted by Crippen LogP contribution is 2.38. The number of benzene rings is 1. The fourth-order valence-electron chi connectivity index (χ4n) is 3.28. The van der Waals surface area contributed by atoms with Crippen LogP contribution in [-0.4, -0.2) is 56.9 Å². The Bertz CT molecular complexity index is 845. The first-order valence-corrected chi connectivity index (χ1v) is 8.94. The third-order valence-electron chi connectivity index (χ3n) is 4.51. The highest BCUT2D eigenvalue weighted by atomic mass is 79.9. The summed E-state index contributed by atoms with van der Waals surface area (Å²) in [5.74, 6) is -0.579. The maximum Gasteiger partial charge on any atom is 0.217 e. The number of aromatic nitrogens is 1. The molecule has 1 amide bonds. The Hall–Kier alpha value is -1.20. The number of rotatable bonds is 3. The second-order valence-corrected chi connectivity index (χ2v) is 7.34. The van der Waals surface area contributed by atoms with Crippen LogP contribution in [0.25, 0.3) is 10.9 Å². The van der Waals surface area contributed by atoms with Crippen molar-refractivity contribution in [2.24, 2.45) is 0 Å². The highest BCUT2D eigenvalue weighted by molar-refractivity contribution is 9.10. The molecule has 3 rings (SSSR count). The standard InChI is InChI=1S/C16H17BrClN2O6/c1-7(22)19-13-15(24)26-11(6-21)14(23)16(13,25)20-5-4-8-10(20)3-2-9(17)12(8)18/h2-5,11,13-15,21,23,25H,6H2,1H3,(H,19,22)/q-1/t11-,13+,14-,15-,16-/m1/s1. The van der Waals surface area contributed by atoms with Gasteiger partial charge in [0.1, 0.15) is 12.2 Å². The zero-order chi connectivity index (χ0) is 19.2. The van der Waals surface area contributed by atoms with Crippen LogP contribution in [0.4, 0.5) is 0 Å². The number of hydrogen-bond acceptors (Lipinski definition) is 6. The molecule has 8 nitrogen and oxygen atoms in total. The molecule has 2 heterocycles. The molecule has 1 saturated heterocycles. The summed E-state index contributed by atoms with van der Waals surface area (Å²) in [6.07, 6.45) is -3.47. The van der Waals surface area contributed by atoms with Gasteiger partial charge >= 0.3 is 0 Å². The molecule has 0 radical (unpaired) electrons. The first-order valence-electron chi connectivity index (χ1n) is 7.77. The molecule has 10 heteroatoms. The van der Waals surface area contributed by atoms with E-state index in [9.17, 15) is 25.2 Å². The molecule has 1 aromatic carbocycles. The average molecular weight is 449 g/mol. The van der Waals surface area contributed by atoms with E-state index in [0.717, 1.165) is 0 Å². The lowest BCUT2D eigenvalue weighted by Crippen LogP contribution is -2.74. The molecule has 142 valence electrons. The Labute approximate surface area is 162 Å². The topological polar surface area (TPSA) is 127 Å². The SMILES string of the molecule is CC(=O)N[C@H]1[C@H]([O-])O[C@H](CO)[C@@H](O)[C@@]1(O)n1ccc2c(Cl)c(Br)ccc21. The molecule has 1 aliphatic rings. The van der Waals surface area contributed by atoms with Crippen molar-refractivity contribution in [1.29, 1.82) is 0 Å². The smallest absolute Gasteiger partial charge is 0.217 e. The number of carbonyl (C=O) groups excluding carboxylic acids is 1. The van der Waals surface area contributed by atoms with E-state index in [1.54, 1.807) is 18.2 Å². The van der Waals surface area contributed by atoms with Crippen LogP contribution < -0.4 is 10.4 Å². The van der Waals surface area contributed by atoms with Crippen molar-refractivity contribution in [3.63, 3.8) is 0 Å². The van der Waals surface area contributed by atoms with Gasteiger partial charge in [-0.3, -0.25) is 4.79 Å². The average Bonchev–Trinajstić information content (AvgIpc) is 3.03. The largest absolute Gasteiger partial charge is 0.829 e. The van der Waals surface area contributed by atoms with E-state index >= 15 is 0 Å². The molecular formula is C16H17BrClN2O6-. The Morgan fingerprint density at radius 1 is 1.50 bits per heavy atom. The van der Waals surface area contributed by atoms with Crippen LogP contribution in [-0.2, 0) is 15.3 Å². The number of hydrogen-bond donors (Lipinski definition) is 4. The number of amides is 1. The molecule has 1 aromatic heterocycles. The van der Waals surface area contributed by atoms with E-state index in [2.05, 4.69) is 21.2 Å². The van der Waals surface area contributed by atoms with Crippen LogP contribution in [0.15, 0.2) is 28.9 Å². The van der Waals surface area contributed by atoms with Crippen molar-refractivity contribution in [1.82, 2.24) is 9.88 Å². The Balaban J connectivity index is 2.22. The molecule has 0 aliphatic carbocycles. The maximum atomic E-state index is 12.4. The van der Waals surface area contributed by atoms with Gasteiger partial charge in [-0.25, -0.2) is 0 Å². The van der Waals surface area contributed by atoms with E-state index in [1.807, 2.05) is 0 Å². The molecule has 1 aliphatic heterocycles. The molecule has 0 bridgehead atoms. The Morgan fingerprint density at radius 3 is 2.81 bits per heavy atom. The lowest BCUT2D eigenvalue weighted by molar-refractivity contribution is -0.531. The minimum atomic E-state index is -2.26. The van der Waals surface area contributed by atoms with Crippen LogP contribution in [0, 0.1) is 0 Å². The summed E-state index contributed by atoms with van der Waals surface area (Å²) in [5, 5.41) is 47.2. The molecule has 0 saturated carbocycles. The summed E-state index contributed by atoms with van der Waals surface area (Å²) in [6.45, 7) is 0.500. The summed E-state index contributed by atoms with van der Waals surface area (Å²) in [6, 6.07) is 3.41. The molecule has 5 atom stereocenters. The number of ether oxygens (including phenoxy) is 1. The Kier molecular flexibility index (Phi) is 5.33. The second kappa shape index (κ2) is 7.08. The van der Waals surface area contributed by atoms with Gasteiger partial charge in [-0.2, -0.15) is 0 Å². The first-order chi connectivity index (χ1) is 12.2. The molecule has 0 spiro atoms. The maximum absolute atomic E-state index is 12.4. The molecule has 0 unspecified atom stereocenters. The van der Waals surface area contributed by atoms with Gasteiger partial charge in [0, 0.05) is 29.3 Å². The molecular weight excluding hydrogens is 432 g/mol. The molecule has 2 aromatic rings. The summed E-state index contributed by atoms with van der Waals surface area (Å²) >= 11 is 9.57. The van der Waals surface area contributed by atoms with Gasteiger partial charge in [-0.15, -0.1) is 0 Å². The molecule has 26 heavy (non-hydrogen) atoms. The van der Waals surface area contributed by atoms with E-state index in [0.29, 0.717) is 20.4 Å². The van der Waals surface area contributed by atoms with Crippen LogP contribution >= 0.6 is 27.5 Å². The lowest BCUT2D eigenvalue weighted by Gasteiger charge is -2.53. The number of fused-ring (bicyclic) bond motifs is 1. The minimum Gasteiger partial charge on any atom is -0.829 e. The monoisotopic (exact) mass is 447 g/mol. The fraction of sp³-hybridized carbons (Fsp3) is 0.438. The van der Waals surface area contributed by atoms with Gasteiger partial charge in [-0.1, -0.05) is 11.6 Å². The van der Waals surface area contributed by atoms with Crippen molar-refractivity contribution in [3.05, 3.63) is 33.9 Å². The third kappa shape index (κ3) is 2.93. The summed E-state index contributed by atoms with van der Waals surface area (Å²) in [5.41, 5.74) is -1.83. The zero-order valence-corrected chi connectivity index (χ0v) is 15.9. The zero-order valence-electron chi connectivity index (χ0n) is 13.6. The van der Waals surface area contributed by atoms with Gasteiger partial charge in [0.05, 0.1) is 23.2 Å². The van der Waals surface area contributed by atoms with Crippen molar-refractivity contribution < 1.29 is 30.0 Å². The fourth-order valence-corrected chi connectivity index (χ4v) is 3.85. The van der Waals surface area contributed by atoms with Crippen LogP contribution in [0.2, 0.25) is 5.02 Å². The third-order valence-corrected chi connectivity index (χ3v) is 5.81. The lowest BCUT2D eigenvalue weighted by atomic mass is 9.89. The Morgan fingerprint density at radius 2 is 2.19 bits per heavy atom. The van der Waals surface area contributed by atoms with Crippen molar-refractivity contribution in [2.45, 2.75) is 37.2 Å². The van der Waals surface area contributed by atoms with Crippen molar-refractivity contribution in [2.75, 3.05) is 6.61 Å². The number of carbonyl (C=O) groups is 1. The van der Waals surface area contributed by atoms with Gasteiger partial charge in [0.2, 0.25) is 5.91 Å². The van der Waals surface area contributed by atoms with Crippen LogP contribution in [0.5, 0.6) is 0 Å². The van der Waals surface area contributed by atoms with Gasteiger partial charge in [0.25, 0.3) is 0 Å². The van der Waals surface area contributed by atoms with Crippen LogP contribution in [0.1, 0.15) is 6.92 Å². The first kappa shape index (κ1) is 19.6. The van der Waals surface area contributed by atoms with Gasteiger partial charge in [-0.05, 0) is 34.1 Å². The predicted octanol–water partition coefficient (Wildman–Crippen LogP) is -0.355. The van der Waals surface area contributed by atoms with Crippen molar-refractivity contribution in [3.8, 4) is 0 Å². The van der Waals surface area contributed by atoms with Gasteiger partial charge in [0.15, 0.2) is 5.72 Å². The van der Waals surface area contributed by atoms with E-state index in [-0.39, 0.29) is 0 Å². The summed E-state index contributed by atoms with van der Waals surface area (Å²) in [7, 11) is 0. The van der Waals surface area contributed by atoms with Crippen molar-refractivity contribution >= 4 is 44.3 Å². The number of nitrogens with one attached hydrogen (secondary N) is 1. The minimum absolute atomic E-state index is 0.389.